The minimum absolute atomic E-state index is 0.0640. The van der Waals surface area contributed by atoms with Gasteiger partial charge in [0.15, 0.2) is 6.10 Å². The molecule has 0 amide bonds. The fourth-order valence-electron chi connectivity index (χ4n) is 9.29. The molecule has 0 aliphatic carbocycles. The summed E-state index contributed by atoms with van der Waals surface area (Å²) in [5.74, 6) is -0.577. The van der Waals surface area contributed by atoms with Gasteiger partial charge in [0.05, 0.1) is 6.61 Å². The van der Waals surface area contributed by atoms with Gasteiger partial charge in [0, 0.05) is 12.8 Å². The molecule has 1 unspecified atom stereocenters. The van der Waals surface area contributed by atoms with Crippen LogP contribution < -0.4 is 0 Å². The molecule has 0 spiro atoms. The summed E-state index contributed by atoms with van der Waals surface area (Å²) in [7, 11) is 0. The molecule has 0 aromatic heterocycles. The molecule has 0 bridgehead atoms. The van der Waals surface area contributed by atoms with E-state index in [0.29, 0.717) is 12.8 Å². The van der Waals surface area contributed by atoms with Crippen molar-refractivity contribution < 1.29 is 24.2 Å². The Morgan fingerprint density at radius 2 is 0.597 bits per heavy atom. The quantitative estimate of drug-likeness (QED) is 0.0373. The maximum absolute atomic E-state index is 12.3. The first-order chi connectivity index (χ1) is 35.6. The maximum atomic E-state index is 12.3. The summed E-state index contributed by atoms with van der Waals surface area (Å²) in [6.45, 7) is 4.06. The third-order valence-electron chi connectivity index (χ3n) is 14.0. The first kappa shape index (κ1) is 69.3. The van der Waals surface area contributed by atoms with Crippen LogP contribution in [-0.4, -0.2) is 36.4 Å². The van der Waals surface area contributed by atoms with Crippen molar-refractivity contribution in [2.45, 2.75) is 328 Å². The zero-order chi connectivity index (χ0) is 52.0. The van der Waals surface area contributed by atoms with E-state index in [0.717, 1.165) is 70.6 Å². The van der Waals surface area contributed by atoms with Crippen LogP contribution in [0.25, 0.3) is 0 Å². The van der Waals surface area contributed by atoms with Crippen LogP contribution in [0.2, 0.25) is 0 Å². The number of aliphatic hydroxyl groups is 1. The highest BCUT2D eigenvalue weighted by Gasteiger charge is 2.16. The summed E-state index contributed by atoms with van der Waals surface area (Å²) >= 11 is 0. The van der Waals surface area contributed by atoms with Crippen LogP contribution >= 0.6 is 0 Å². The van der Waals surface area contributed by atoms with Crippen LogP contribution in [0.15, 0.2) is 72.9 Å². The number of unbranched alkanes of at least 4 members (excludes halogenated alkanes) is 38. The Morgan fingerprint density at radius 3 is 0.903 bits per heavy atom. The molecule has 0 radical (unpaired) electrons. The molecule has 0 heterocycles. The van der Waals surface area contributed by atoms with Crippen LogP contribution in [0.4, 0.5) is 0 Å². The number of carbonyl (C=O) groups excluding carboxylic acids is 2. The maximum Gasteiger partial charge on any atom is 0.306 e. The molecule has 0 aliphatic rings. The van der Waals surface area contributed by atoms with Crippen molar-refractivity contribution in [3.8, 4) is 0 Å². The van der Waals surface area contributed by atoms with Gasteiger partial charge in [-0.2, -0.15) is 0 Å². The summed E-state index contributed by atoms with van der Waals surface area (Å²) in [4.78, 5) is 24.6. The second kappa shape index (κ2) is 62.6. The molecule has 5 heteroatoms. The second-order valence-electron chi connectivity index (χ2n) is 21.1. The highest BCUT2D eigenvalue weighted by molar-refractivity contribution is 5.70. The first-order valence-corrected chi connectivity index (χ1v) is 31.5. The van der Waals surface area contributed by atoms with Crippen LogP contribution in [0.1, 0.15) is 322 Å². The third kappa shape index (κ3) is 59.9. The summed E-state index contributed by atoms with van der Waals surface area (Å²) in [5, 5.41) is 9.68. The number of carbonyl (C=O) groups is 2. The molecule has 0 aromatic rings. The molecule has 0 saturated heterocycles. The Hall–Kier alpha value is -2.66. The molecule has 0 fully saturated rings. The van der Waals surface area contributed by atoms with E-state index in [1.54, 1.807) is 0 Å². The van der Waals surface area contributed by atoms with E-state index in [9.17, 15) is 14.7 Å². The van der Waals surface area contributed by atoms with Crippen molar-refractivity contribution in [2.24, 2.45) is 0 Å². The Balaban J connectivity index is 3.43. The van der Waals surface area contributed by atoms with Crippen molar-refractivity contribution in [1.29, 1.82) is 0 Å². The molecule has 0 aliphatic heterocycles. The van der Waals surface area contributed by atoms with Gasteiger partial charge in [0.25, 0.3) is 0 Å². The lowest BCUT2D eigenvalue weighted by Crippen LogP contribution is -2.28. The minimum Gasteiger partial charge on any atom is -0.462 e. The lowest BCUT2D eigenvalue weighted by atomic mass is 10.0. The van der Waals surface area contributed by atoms with Crippen LogP contribution in [0.3, 0.4) is 0 Å². The highest BCUT2D eigenvalue weighted by Crippen LogP contribution is 2.17. The van der Waals surface area contributed by atoms with Crippen molar-refractivity contribution in [3.63, 3.8) is 0 Å². The number of ether oxygens (including phenoxy) is 2. The fraction of sp³-hybridized carbons (Fsp3) is 0.791. The number of allylic oxidation sites excluding steroid dienone is 12. The molecule has 0 aromatic carbocycles. The lowest BCUT2D eigenvalue weighted by Gasteiger charge is -2.15. The first-order valence-electron chi connectivity index (χ1n) is 31.5. The molecular weight excluding hydrogens is 885 g/mol. The van der Waals surface area contributed by atoms with Crippen molar-refractivity contribution in [2.75, 3.05) is 13.2 Å². The van der Waals surface area contributed by atoms with Gasteiger partial charge in [-0.15, -0.1) is 0 Å². The molecule has 1 atom stereocenters. The number of rotatable bonds is 58. The Labute approximate surface area is 448 Å². The predicted molar refractivity (Wildman–Crippen MR) is 316 cm³/mol. The van der Waals surface area contributed by atoms with Gasteiger partial charge >= 0.3 is 11.9 Å². The lowest BCUT2D eigenvalue weighted by molar-refractivity contribution is -0.161. The Morgan fingerprint density at radius 1 is 0.333 bits per heavy atom. The van der Waals surface area contributed by atoms with E-state index in [2.05, 4.69) is 86.8 Å². The minimum atomic E-state index is -0.774. The number of aliphatic hydroxyl groups excluding tert-OH is 1. The van der Waals surface area contributed by atoms with E-state index in [4.69, 9.17) is 9.47 Å². The van der Waals surface area contributed by atoms with E-state index in [1.807, 2.05) is 0 Å². The van der Waals surface area contributed by atoms with Gasteiger partial charge < -0.3 is 14.6 Å². The van der Waals surface area contributed by atoms with E-state index in [-0.39, 0.29) is 25.2 Å². The fourth-order valence-corrected chi connectivity index (χ4v) is 9.29. The third-order valence-corrected chi connectivity index (χ3v) is 14.0. The normalized spacial score (nSPS) is 12.7. The SMILES string of the molecule is CC/C=C\C/C=C\C/C=C\C/C=C\CCCCCCCCCCCCCCCCCCCCCCC(=O)OC(CO)COC(=O)CCCCCCCCCCCCCCC/C=C\C/C=C\CCCCCCC. The Kier molecular flexibility index (Phi) is 60.3. The molecular formula is C67H120O5. The Bertz CT molecular complexity index is 1270. The van der Waals surface area contributed by atoms with Gasteiger partial charge in [-0.05, 0) is 83.5 Å². The molecule has 0 saturated carbocycles. The van der Waals surface area contributed by atoms with Crippen molar-refractivity contribution in [1.82, 2.24) is 0 Å². The van der Waals surface area contributed by atoms with Gasteiger partial charge in [-0.1, -0.05) is 299 Å². The average Bonchev–Trinajstić information content (AvgIpc) is 3.38. The topological polar surface area (TPSA) is 72.8 Å². The van der Waals surface area contributed by atoms with Gasteiger partial charge in [-0.3, -0.25) is 9.59 Å². The zero-order valence-electron chi connectivity index (χ0n) is 47.9. The molecule has 72 heavy (non-hydrogen) atoms. The monoisotopic (exact) mass is 1000 g/mol. The summed E-state index contributed by atoms with van der Waals surface area (Å²) in [6, 6.07) is 0. The summed E-state index contributed by atoms with van der Waals surface area (Å²) < 4.78 is 10.7. The molecule has 5 nitrogen and oxygen atoms in total. The van der Waals surface area contributed by atoms with Crippen molar-refractivity contribution in [3.05, 3.63) is 72.9 Å². The predicted octanol–water partition coefficient (Wildman–Crippen LogP) is 21.5. The van der Waals surface area contributed by atoms with Gasteiger partial charge in [0.2, 0.25) is 0 Å². The van der Waals surface area contributed by atoms with Crippen molar-refractivity contribution >= 4 is 11.9 Å². The van der Waals surface area contributed by atoms with E-state index >= 15 is 0 Å². The van der Waals surface area contributed by atoms with Crippen LogP contribution in [0.5, 0.6) is 0 Å². The molecule has 0 rings (SSSR count). The molecule has 418 valence electrons. The molecule has 1 N–H and O–H groups in total. The summed E-state index contributed by atoms with van der Waals surface area (Å²) in [6.07, 6.45) is 86.2. The van der Waals surface area contributed by atoms with Gasteiger partial charge in [0.1, 0.15) is 6.61 Å². The largest absolute Gasteiger partial charge is 0.462 e. The van der Waals surface area contributed by atoms with Crippen LogP contribution in [0, 0.1) is 0 Å². The van der Waals surface area contributed by atoms with E-state index < -0.39 is 6.10 Å². The highest BCUT2D eigenvalue weighted by atomic mass is 16.6. The second-order valence-corrected chi connectivity index (χ2v) is 21.1. The number of hydrogen-bond acceptors (Lipinski definition) is 5. The van der Waals surface area contributed by atoms with Crippen LogP contribution in [-0.2, 0) is 19.1 Å². The van der Waals surface area contributed by atoms with Gasteiger partial charge in [-0.25, -0.2) is 0 Å². The van der Waals surface area contributed by atoms with E-state index in [1.165, 1.54) is 225 Å². The zero-order valence-corrected chi connectivity index (χ0v) is 47.9. The summed E-state index contributed by atoms with van der Waals surface area (Å²) in [5.41, 5.74) is 0. The number of hydrogen-bond donors (Lipinski definition) is 1. The standard InChI is InChI=1S/C67H120O5/c1-3-5-7-9-11-13-15-17-19-21-23-25-27-29-30-31-32-33-34-35-36-38-40-42-44-46-48-50-52-54-56-58-60-62-67(70)72-65(63-68)64-71-66(69)61-59-57-55-53-51-49-47-45-43-41-39-37-28-26-24-22-20-18-16-14-12-10-8-6-4-2/h5,7,11,13,16-19,22-25,65,68H,3-4,6,8-10,12,14-15,20-21,26-64H2,1-2H3/b7-5-,13-11-,18-16-,19-17-,24-22-,25-23-. The average molecular weight is 1010 g/mol. The smallest absolute Gasteiger partial charge is 0.306 e. The number of esters is 2.